The van der Waals surface area contributed by atoms with Crippen LogP contribution in [0.3, 0.4) is 0 Å². The van der Waals surface area contributed by atoms with Gasteiger partial charge in [0.15, 0.2) is 0 Å². The number of rotatable bonds is 3. The molecule has 0 radical (unpaired) electrons. The van der Waals surface area contributed by atoms with Crippen LogP contribution in [0.4, 0.5) is 0 Å². The summed E-state index contributed by atoms with van der Waals surface area (Å²) in [6.45, 7) is 3.39. The van der Waals surface area contributed by atoms with E-state index in [0.29, 0.717) is 17.4 Å². The highest BCUT2D eigenvalue weighted by atomic mass is 16.2. The number of aromatic nitrogens is 5. The molecule has 0 spiro atoms. The van der Waals surface area contributed by atoms with Crippen molar-refractivity contribution < 1.29 is 4.79 Å². The van der Waals surface area contributed by atoms with Crippen molar-refractivity contribution in [1.82, 2.24) is 29.2 Å². The predicted octanol–water partition coefficient (Wildman–Crippen LogP) is 3.01. The summed E-state index contributed by atoms with van der Waals surface area (Å²) < 4.78 is 1.79. The summed E-state index contributed by atoms with van der Waals surface area (Å²) in [6.07, 6.45) is 6.51. The highest BCUT2D eigenvalue weighted by Gasteiger charge is 2.28. The molecule has 1 atom stereocenters. The van der Waals surface area contributed by atoms with E-state index in [9.17, 15) is 4.79 Å². The quantitative estimate of drug-likeness (QED) is 0.598. The lowest BCUT2D eigenvalue weighted by molar-refractivity contribution is 0.0664. The van der Waals surface area contributed by atoms with Gasteiger partial charge in [0.1, 0.15) is 11.5 Å². The van der Waals surface area contributed by atoms with Crippen LogP contribution < -0.4 is 0 Å². The van der Waals surface area contributed by atoms with Gasteiger partial charge in [-0.2, -0.15) is 0 Å². The molecule has 3 aromatic heterocycles. The summed E-state index contributed by atoms with van der Waals surface area (Å²) in [4.78, 5) is 32.0. The lowest BCUT2D eigenvalue weighted by atomic mass is 9.94. The average molecular weight is 374 g/mol. The molecule has 7 nitrogen and oxygen atoms in total. The molecule has 7 heteroatoms. The minimum absolute atomic E-state index is 0.0345. The Morgan fingerprint density at radius 2 is 2.14 bits per heavy atom. The molecule has 1 unspecified atom stereocenters. The molecule has 1 N–H and O–H groups in total. The molecule has 1 aliphatic heterocycles. The van der Waals surface area contributed by atoms with E-state index in [1.54, 1.807) is 10.6 Å². The first-order valence-corrected chi connectivity index (χ1v) is 9.71. The summed E-state index contributed by atoms with van der Waals surface area (Å²) in [5.74, 6) is 2.00. The Bertz CT molecular complexity index is 1130. The number of carbonyl (C=O) groups is 1. The number of hydrogen-bond acceptors (Lipinski definition) is 4. The maximum Gasteiger partial charge on any atom is 0.272 e. The van der Waals surface area contributed by atoms with E-state index in [4.69, 9.17) is 4.98 Å². The molecule has 4 aromatic rings. The first-order valence-electron chi connectivity index (χ1n) is 9.71. The molecule has 0 saturated carbocycles. The first kappa shape index (κ1) is 16.9. The van der Waals surface area contributed by atoms with Gasteiger partial charge in [0.2, 0.25) is 5.78 Å². The molecule has 1 amide bonds. The Morgan fingerprint density at radius 1 is 1.25 bits per heavy atom. The number of hydrogen-bond donors (Lipinski definition) is 1. The molecule has 1 saturated heterocycles. The summed E-state index contributed by atoms with van der Waals surface area (Å²) in [7, 11) is 0. The third-order valence-corrected chi connectivity index (χ3v) is 5.51. The lowest BCUT2D eigenvalue weighted by Crippen LogP contribution is -2.41. The van der Waals surface area contributed by atoms with Crippen LogP contribution in [0.5, 0.6) is 0 Å². The molecule has 5 rings (SSSR count). The van der Waals surface area contributed by atoms with Gasteiger partial charge in [0, 0.05) is 31.9 Å². The Hall–Kier alpha value is -3.22. The number of piperidine rings is 1. The molecule has 0 bridgehead atoms. The zero-order chi connectivity index (χ0) is 19.1. The van der Waals surface area contributed by atoms with Crippen molar-refractivity contribution in [3.8, 4) is 0 Å². The van der Waals surface area contributed by atoms with Crippen molar-refractivity contribution in [2.24, 2.45) is 5.92 Å². The SMILES string of the molecule is Cc1nc2ncccn2c1C(=O)N1CCCC(Cc2nc3ccccc3[nH]2)C1. The Morgan fingerprint density at radius 3 is 3.04 bits per heavy atom. The van der Waals surface area contributed by atoms with Gasteiger partial charge in [-0.25, -0.2) is 15.0 Å². The number of nitrogens with one attached hydrogen (secondary N) is 1. The molecular formula is C21H22N6O. The normalized spacial score (nSPS) is 17.5. The number of carbonyl (C=O) groups excluding carboxylic acids is 1. The van der Waals surface area contributed by atoms with Crippen LogP contribution >= 0.6 is 0 Å². The molecule has 1 fully saturated rings. The van der Waals surface area contributed by atoms with Crippen LogP contribution in [0.25, 0.3) is 16.8 Å². The summed E-state index contributed by atoms with van der Waals surface area (Å²) in [5.41, 5.74) is 3.40. The van der Waals surface area contributed by atoms with Crippen molar-refractivity contribution in [3.05, 3.63) is 59.9 Å². The van der Waals surface area contributed by atoms with E-state index in [1.807, 2.05) is 48.4 Å². The van der Waals surface area contributed by atoms with Gasteiger partial charge >= 0.3 is 0 Å². The van der Waals surface area contributed by atoms with Gasteiger partial charge in [-0.05, 0) is 43.9 Å². The molecular weight excluding hydrogens is 352 g/mol. The fourth-order valence-corrected chi connectivity index (χ4v) is 4.20. The zero-order valence-electron chi connectivity index (χ0n) is 15.8. The molecule has 28 heavy (non-hydrogen) atoms. The molecule has 0 aliphatic carbocycles. The van der Waals surface area contributed by atoms with Crippen LogP contribution in [0, 0.1) is 12.8 Å². The predicted molar refractivity (Wildman–Crippen MR) is 106 cm³/mol. The van der Waals surface area contributed by atoms with Crippen molar-refractivity contribution >= 4 is 22.7 Å². The fraction of sp³-hybridized carbons (Fsp3) is 0.333. The largest absolute Gasteiger partial charge is 0.342 e. The maximum atomic E-state index is 13.2. The number of benzene rings is 1. The highest BCUT2D eigenvalue weighted by molar-refractivity contribution is 5.94. The lowest BCUT2D eigenvalue weighted by Gasteiger charge is -2.32. The Balaban J connectivity index is 1.36. The van der Waals surface area contributed by atoms with Crippen LogP contribution in [0.2, 0.25) is 0 Å². The van der Waals surface area contributed by atoms with Gasteiger partial charge < -0.3 is 9.88 Å². The molecule has 4 heterocycles. The second-order valence-corrected chi connectivity index (χ2v) is 7.50. The van der Waals surface area contributed by atoms with Crippen molar-refractivity contribution in [2.75, 3.05) is 13.1 Å². The standard InChI is InChI=1S/C21H22N6O/c1-14-19(27-11-5-9-22-21(27)23-14)20(28)26-10-4-6-15(13-26)12-18-24-16-7-2-3-8-17(16)25-18/h2-3,5,7-9,11,15H,4,6,10,12-13H2,1H3,(H,24,25). The van der Waals surface area contributed by atoms with Crippen molar-refractivity contribution in [2.45, 2.75) is 26.2 Å². The van der Waals surface area contributed by atoms with E-state index in [2.05, 4.69) is 15.0 Å². The number of fused-ring (bicyclic) bond motifs is 2. The van der Waals surface area contributed by atoms with Crippen LogP contribution in [-0.2, 0) is 6.42 Å². The van der Waals surface area contributed by atoms with E-state index < -0.39 is 0 Å². The number of imidazole rings is 2. The van der Waals surface area contributed by atoms with Crippen molar-refractivity contribution in [3.63, 3.8) is 0 Å². The third kappa shape index (κ3) is 2.93. The number of amides is 1. The average Bonchev–Trinajstić information content (AvgIpc) is 3.26. The van der Waals surface area contributed by atoms with Crippen molar-refractivity contribution in [1.29, 1.82) is 0 Å². The highest BCUT2D eigenvalue weighted by Crippen LogP contribution is 2.23. The summed E-state index contributed by atoms with van der Waals surface area (Å²) in [6, 6.07) is 9.91. The third-order valence-electron chi connectivity index (χ3n) is 5.51. The van der Waals surface area contributed by atoms with Crippen LogP contribution in [0.1, 0.15) is 34.8 Å². The summed E-state index contributed by atoms with van der Waals surface area (Å²) >= 11 is 0. The van der Waals surface area contributed by atoms with E-state index in [1.165, 1.54) is 0 Å². The van der Waals surface area contributed by atoms with E-state index in [0.717, 1.165) is 54.9 Å². The van der Waals surface area contributed by atoms with Gasteiger partial charge in [-0.15, -0.1) is 0 Å². The topological polar surface area (TPSA) is 79.2 Å². The van der Waals surface area contributed by atoms with E-state index in [-0.39, 0.29) is 5.91 Å². The monoisotopic (exact) mass is 374 g/mol. The smallest absolute Gasteiger partial charge is 0.272 e. The number of H-pyrrole nitrogens is 1. The molecule has 1 aromatic carbocycles. The summed E-state index contributed by atoms with van der Waals surface area (Å²) in [5, 5.41) is 0. The van der Waals surface area contributed by atoms with Gasteiger partial charge in [-0.3, -0.25) is 9.20 Å². The van der Waals surface area contributed by atoms with Crippen LogP contribution in [-0.4, -0.2) is 48.2 Å². The number of likely N-dealkylation sites (tertiary alicyclic amines) is 1. The maximum absolute atomic E-state index is 13.2. The Labute approximate surface area is 162 Å². The van der Waals surface area contributed by atoms with Gasteiger partial charge in [0.25, 0.3) is 5.91 Å². The molecule has 142 valence electrons. The first-order chi connectivity index (χ1) is 13.7. The van der Waals surface area contributed by atoms with Crippen LogP contribution in [0.15, 0.2) is 42.7 Å². The number of aromatic amines is 1. The van der Waals surface area contributed by atoms with Gasteiger partial charge in [0.05, 0.1) is 16.7 Å². The minimum atomic E-state index is 0.0345. The zero-order valence-corrected chi connectivity index (χ0v) is 15.8. The minimum Gasteiger partial charge on any atom is -0.342 e. The number of aryl methyl sites for hydroxylation is 1. The Kier molecular flexibility index (Phi) is 4.07. The number of nitrogens with zero attached hydrogens (tertiary/aromatic N) is 5. The fourth-order valence-electron chi connectivity index (χ4n) is 4.20. The number of para-hydroxylation sites is 2. The van der Waals surface area contributed by atoms with E-state index >= 15 is 0 Å². The molecule has 1 aliphatic rings. The van der Waals surface area contributed by atoms with Gasteiger partial charge in [-0.1, -0.05) is 12.1 Å². The second-order valence-electron chi connectivity index (χ2n) is 7.50. The second kappa shape index (κ2) is 6.74.